The van der Waals surface area contributed by atoms with Crippen molar-refractivity contribution in [2.45, 2.75) is 13.8 Å². The lowest BCUT2D eigenvalue weighted by molar-refractivity contribution is 0.0531. The minimum absolute atomic E-state index is 0.0545. The van der Waals surface area contributed by atoms with Crippen LogP contribution in [0.4, 0.5) is 5.00 Å². The van der Waals surface area contributed by atoms with Crippen LogP contribution in [0.15, 0.2) is 12.1 Å². The second kappa shape index (κ2) is 9.28. The number of amides is 2. The van der Waals surface area contributed by atoms with Crippen LogP contribution < -0.4 is 25.3 Å². The normalized spacial score (nSPS) is 10.2. The van der Waals surface area contributed by atoms with Gasteiger partial charge in [-0.05, 0) is 31.5 Å². The van der Waals surface area contributed by atoms with Gasteiger partial charge in [0.1, 0.15) is 9.88 Å². The highest BCUT2D eigenvalue weighted by Crippen LogP contribution is 2.39. The Kier molecular flexibility index (Phi) is 7.05. The molecule has 10 heteroatoms. The zero-order valence-electron chi connectivity index (χ0n) is 16.7. The summed E-state index contributed by atoms with van der Waals surface area (Å²) in [6.07, 6.45) is 0. The highest BCUT2D eigenvalue weighted by atomic mass is 32.1. The minimum Gasteiger partial charge on any atom is -0.493 e. The van der Waals surface area contributed by atoms with Crippen LogP contribution >= 0.6 is 11.3 Å². The number of anilines is 1. The van der Waals surface area contributed by atoms with Crippen molar-refractivity contribution in [3.63, 3.8) is 0 Å². The van der Waals surface area contributed by atoms with E-state index in [1.807, 2.05) is 0 Å². The molecule has 0 saturated carbocycles. The van der Waals surface area contributed by atoms with E-state index in [-0.39, 0.29) is 27.6 Å². The summed E-state index contributed by atoms with van der Waals surface area (Å²) in [6, 6.07) is 2.93. The summed E-state index contributed by atoms with van der Waals surface area (Å²) in [5.41, 5.74) is 6.05. The predicted octanol–water partition coefficient (Wildman–Crippen LogP) is 2.61. The number of ether oxygens (including phenoxy) is 4. The average Bonchev–Trinajstić information content (AvgIpc) is 3.02. The van der Waals surface area contributed by atoms with Crippen molar-refractivity contribution in [2.24, 2.45) is 5.73 Å². The molecule has 2 amide bonds. The Labute approximate surface area is 171 Å². The van der Waals surface area contributed by atoms with Gasteiger partial charge in [-0.1, -0.05) is 0 Å². The van der Waals surface area contributed by atoms with Crippen molar-refractivity contribution in [1.29, 1.82) is 0 Å². The molecular weight excluding hydrogens is 400 g/mol. The van der Waals surface area contributed by atoms with E-state index < -0.39 is 17.8 Å². The lowest BCUT2D eigenvalue weighted by Gasteiger charge is -2.14. The molecule has 1 aromatic heterocycles. The lowest BCUT2D eigenvalue weighted by atomic mass is 10.1. The third kappa shape index (κ3) is 4.43. The summed E-state index contributed by atoms with van der Waals surface area (Å²) in [5, 5.41) is 2.78. The molecule has 2 rings (SSSR count). The fourth-order valence-electron chi connectivity index (χ4n) is 2.68. The summed E-state index contributed by atoms with van der Waals surface area (Å²) >= 11 is 0.919. The summed E-state index contributed by atoms with van der Waals surface area (Å²) in [6.45, 7) is 3.41. The van der Waals surface area contributed by atoms with E-state index in [9.17, 15) is 14.4 Å². The van der Waals surface area contributed by atoms with Gasteiger partial charge in [-0.3, -0.25) is 9.59 Å². The van der Waals surface area contributed by atoms with Crippen molar-refractivity contribution in [2.75, 3.05) is 33.3 Å². The van der Waals surface area contributed by atoms with Crippen LogP contribution in [0.5, 0.6) is 17.2 Å². The van der Waals surface area contributed by atoms with Gasteiger partial charge in [-0.15, -0.1) is 11.3 Å². The van der Waals surface area contributed by atoms with E-state index in [0.29, 0.717) is 22.8 Å². The molecule has 0 fully saturated rings. The number of thiophene rings is 1. The van der Waals surface area contributed by atoms with Crippen molar-refractivity contribution >= 4 is 34.1 Å². The van der Waals surface area contributed by atoms with Crippen LogP contribution in [-0.2, 0) is 4.74 Å². The maximum Gasteiger partial charge on any atom is 0.348 e. The number of carbonyl (C=O) groups is 3. The molecule has 0 atom stereocenters. The van der Waals surface area contributed by atoms with Crippen LogP contribution in [0.1, 0.15) is 42.9 Å². The largest absolute Gasteiger partial charge is 0.493 e. The van der Waals surface area contributed by atoms with E-state index in [0.717, 1.165) is 11.3 Å². The van der Waals surface area contributed by atoms with E-state index >= 15 is 0 Å². The second-order valence-corrected chi connectivity index (χ2v) is 6.73. The zero-order valence-corrected chi connectivity index (χ0v) is 17.5. The number of hydrogen-bond donors (Lipinski definition) is 2. The zero-order chi connectivity index (χ0) is 21.7. The van der Waals surface area contributed by atoms with Crippen LogP contribution in [0, 0.1) is 6.92 Å². The van der Waals surface area contributed by atoms with Crippen molar-refractivity contribution in [1.82, 2.24) is 0 Å². The van der Waals surface area contributed by atoms with Gasteiger partial charge in [0, 0.05) is 5.56 Å². The Morgan fingerprint density at radius 2 is 1.66 bits per heavy atom. The van der Waals surface area contributed by atoms with Crippen LogP contribution in [-0.4, -0.2) is 45.7 Å². The first-order valence-corrected chi connectivity index (χ1v) is 9.32. The highest BCUT2D eigenvalue weighted by molar-refractivity contribution is 7.18. The van der Waals surface area contributed by atoms with Crippen LogP contribution in [0.3, 0.4) is 0 Å². The van der Waals surface area contributed by atoms with E-state index in [2.05, 4.69) is 5.32 Å². The molecular formula is C19H22N2O7S. The van der Waals surface area contributed by atoms with E-state index in [4.69, 9.17) is 24.7 Å². The molecule has 9 nitrogen and oxygen atoms in total. The van der Waals surface area contributed by atoms with Gasteiger partial charge >= 0.3 is 5.97 Å². The average molecular weight is 422 g/mol. The summed E-state index contributed by atoms with van der Waals surface area (Å²) in [4.78, 5) is 37.0. The fourth-order valence-corrected chi connectivity index (χ4v) is 3.78. The van der Waals surface area contributed by atoms with Crippen LogP contribution in [0.25, 0.3) is 0 Å². The van der Waals surface area contributed by atoms with Crippen molar-refractivity contribution < 1.29 is 33.3 Å². The number of rotatable bonds is 8. The number of hydrogen-bond acceptors (Lipinski definition) is 8. The third-order valence-corrected chi connectivity index (χ3v) is 5.20. The van der Waals surface area contributed by atoms with Gasteiger partial charge in [-0.2, -0.15) is 0 Å². The first-order chi connectivity index (χ1) is 13.8. The number of nitrogens with two attached hydrogens (primary N) is 1. The summed E-state index contributed by atoms with van der Waals surface area (Å²) < 4.78 is 20.7. The van der Waals surface area contributed by atoms with E-state index in [1.54, 1.807) is 13.8 Å². The van der Waals surface area contributed by atoms with E-state index in [1.165, 1.54) is 33.5 Å². The molecule has 0 spiro atoms. The Morgan fingerprint density at radius 3 is 2.10 bits per heavy atom. The van der Waals surface area contributed by atoms with Gasteiger partial charge in [0.05, 0.1) is 33.5 Å². The number of methoxy groups -OCH3 is 3. The summed E-state index contributed by atoms with van der Waals surface area (Å²) in [5.74, 6) is -0.993. The second-order valence-electron chi connectivity index (χ2n) is 5.71. The minimum atomic E-state index is -0.769. The molecule has 0 bridgehead atoms. The molecule has 0 unspecified atom stereocenters. The van der Waals surface area contributed by atoms with Gasteiger partial charge in [0.25, 0.3) is 11.8 Å². The molecule has 2 aromatic rings. The molecule has 3 N–H and O–H groups in total. The number of nitrogens with one attached hydrogen (secondary N) is 1. The number of esters is 1. The molecule has 29 heavy (non-hydrogen) atoms. The topological polar surface area (TPSA) is 126 Å². The maximum absolute atomic E-state index is 12.8. The Morgan fingerprint density at radius 1 is 1.07 bits per heavy atom. The highest BCUT2D eigenvalue weighted by Gasteiger charge is 2.26. The third-order valence-electron chi connectivity index (χ3n) is 4.01. The lowest BCUT2D eigenvalue weighted by Crippen LogP contribution is -2.17. The molecule has 1 aromatic carbocycles. The molecule has 0 aliphatic rings. The molecule has 0 radical (unpaired) electrons. The van der Waals surface area contributed by atoms with Gasteiger partial charge in [-0.25, -0.2) is 4.79 Å². The molecule has 0 aliphatic heterocycles. The van der Waals surface area contributed by atoms with Crippen LogP contribution in [0.2, 0.25) is 0 Å². The molecule has 1 heterocycles. The Balaban J connectivity index is 2.46. The maximum atomic E-state index is 12.8. The molecule has 0 saturated heterocycles. The standard InChI is InChI=1S/C19H22N2O7S/c1-6-28-19(24)15-9(2)13(16(20)22)18(29-15)21-17(23)10-7-11(25-3)14(27-5)12(8-10)26-4/h7-8H,6H2,1-5H3,(H2,20,22)(H,21,23). The molecule has 156 valence electrons. The number of carbonyl (C=O) groups excluding carboxylic acids is 3. The monoisotopic (exact) mass is 422 g/mol. The smallest absolute Gasteiger partial charge is 0.348 e. The van der Waals surface area contributed by atoms with Crippen molar-refractivity contribution in [3.05, 3.63) is 33.7 Å². The van der Waals surface area contributed by atoms with Gasteiger partial charge in [0.2, 0.25) is 5.75 Å². The fraction of sp³-hybridized carbons (Fsp3) is 0.316. The number of primary amides is 1. The predicted molar refractivity (Wildman–Crippen MR) is 108 cm³/mol. The SMILES string of the molecule is CCOC(=O)c1sc(NC(=O)c2cc(OC)c(OC)c(OC)c2)c(C(N)=O)c1C. The quantitative estimate of drug-likeness (QED) is 0.626. The molecule has 0 aliphatic carbocycles. The Hall–Kier alpha value is -3.27. The first-order valence-electron chi connectivity index (χ1n) is 8.50. The summed E-state index contributed by atoms with van der Waals surface area (Å²) in [7, 11) is 4.31. The Bertz CT molecular complexity index is 927. The van der Waals surface area contributed by atoms with Crippen molar-refractivity contribution in [3.8, 4) is 17.2 Å². The number of benzene rings is 1. The van der Waals surface area contributed by atoms with Gasteiger partial charge in [0.15, 0.2) is 11.5 Å². The van der Waals surface area contributed by atoms with Gasteiger partial charge < -0.3 is 30.0 Å². The first kappa shape index (κ1) is 22.0.